The number of anilines is 1. The molecule has 1 aromatic carbocycles. The number of alkyl halides is 5. The number of benzene rings is 1. The Bertz CT molecular complexity index is 1630. The maximum absolute atomic E-state index is 13.2. The van der Waals surface area contributed by atoms with E-state index in [0.717, 1.165) is 4.68 Å². The molecule has 1 aliphatic rings. The molecule has 1 fully saturated rings. The SMILES string of the molecule is O=C(Nc1cccnc1-n1cnc(Cn2nc(-c3ccc(Cl)cc3)n(CC(O)C(F)(F)F)c2=O)n1)C1CC(F)(F)C1. The van der Waals surface area contributed by atoms with Crippen LogP contribution < -0.4 is 11.0 Å². The van der Waals surface area contributed by atoms with Crippen molar-refractivity contribution in [1.29, 1.82) is 0 Å². The fraction of sp³-hybridized carbons (Fsp3) is 0.333. The Labute approximate surface area is 232 Å². The van der Waals surface area contributed by atoms with Gasteiger partial charge in [0.1, 0.15) is 12.9 Å². The second-order valence-corrected chi connectivity index (χ2v) is 9.81. The van der Waals surface area contributed by atoms with Crippen molar-refractivity contribution < 1.29 is 31.9 Å². The highest BCUT2D eigenvalue weighted by molar-refractivity contribution is 6.30. The predicted molar refractivity (Wildman–Crippen MR) is 134 cm³/mol. The van der Waals surface area contributed by atoms with Gasteiger partial charge in [-0.2, -0.15) is 13.2 Å². The van der Waals surface area contributed by atoms with Crippen molar-refractivity contribution in [2.24, 2.45) is 5.92 Å². The van der Waals surface area contributed by atoms with E-state index in [-0.39, 0.29) is 35.3 Å². The highest BCUT2D eigenvalue weighted by atomic mass is 35.5. The van der Waals surface area contributed by atoms with Gasteiger partial charge in [0, 0.05) is 35.5 Å². The number of aliphatic hydroxyl groups excluding tert-OH is 1. The van der Waals surface area contributed by atoms with E-state index in [2.05, 4.69) is 25.5 Å². The summed E-state index contributed by atoms with van der Waals surface area (Å²) in [6.45, 7) is -1.47. The average molecular weight is 599 g/mol. The highest BCUT2D eigenvalue weighted by Crippen LogP contribution is 2.42. The zero-order valence-corrected chi connectivity index (χ0v) is 21.5. The van der Waals surface area contributed by atoms with Crippen LogP contribution in [-0.2, 0) is 17.9 Å². The molecule has 1 amide bonds. The highest BCUT2D eigenvalue weighted by Gasteiger charge is 2.48. The van der Waals surface area contributed by atoms with Gasteiger partial charge < -0.3 is 10.4 Å². The lowest BCUT2D eigenvalue weighted by molar-refractivity contribution is -0.207. The van der Waals surface area contributed by atoms with Gasteiger partial charge in [-0.1, -0.05) is 11.6 Å². The first-order valence-electron chi connectivity index (χ1n) is 12.0. The van der Waals surface area contributed by atoms with Crippen LogP contribution in [0, 0.1) is 5.92 Å². The van der Waals surface area contributed by atoms with Crippen molar-refractivity contribution in [2.45, 2.75) is 44.1 Å². The molecule has 0 spiro atoms. The van der Waals surface area contributed by atoms with Crippen molar-refractivity contribution in [3.05, 3.63) is 70.3 Å². The summed E-state index contributed by atoms with van der Waals surface area (Å²) >= 11 is 5.90. The summed E-state index contributed by atoms with van der Waals surface area (Å²) in [5, 5.41) is 20.9. The van der Waals surface area contributed by atoms with Crippen molar-refractivity contribution >= 4 is 23.2 Å². The van der Waals surface area contributed by atoms with Crippen molar-refractivity contribution in [1.82, 2.24) is 34.1 Å². The summed E-state index contributed by atoms with van der Waals surface area (Å²) in [5.41, 5.74) is -0.509. The Morgan fingerprint density at radius 3 is 2.51 bits per heavy atom. The van der Waals surface area contributed by atoms with Gasteiger partial charge in [0.15, 0.2) is 23.6 Å². The van der Waals surface area contributed by atoms with Gasteiger partial charge in [-0.05, 0) is 36.4 Å². The number of halogens is 6. The van der Waals surface area contributed by atoms with E-state index >= 15 is 0 Å². The lowest BCUT2D eigenvalue weighted by atomic mass is 9.81. The normalized spacial score (nSPS) is 15.9. The predicted octanol–water partition coefficient (Wildman–Crippen LogP) is 3.30. The monoisotopic (exact) mass is 598 g/mol. The number of rotatable bonds is 8. The number of amides is 1. The molecular weight excluding hydrogens is 579 g/mol. The number of nitrogens with one attached hydrogen (secondary N) is 1. The van der Waals surface area contributed by atoms with E-state index < -0.39 is 55.1 Å². The molecule has 4 aromatic rings. The summed E-state index contributed by atoms with van der Waals surface area (Å²) in [7, 11) is 0. The Hall–Kier alpha value is -4.18. The second-order valence-electron chi connectivity index (χ2n) is 9.37. The lowest BCUT2D eigenvalue weighted by Gasteiger charge is -2.33. The standard InChI is InChI=1S/C24H20ClF5N8O3/c25-15-5-3-13(4-6-15)19-35-37(22(41)36(19)10-17(39)24(28,29)30)11-18-32-12-38(34-18)20-16(2-1-7-31-20)33-21(40)14-8-23(26,27)9-14/h1-7,12,14,17,39H,8-11H2,(H,33,40). The van der Waals surface area contributed by atoms with Crippen molar-refractivity contribution in [2.75, 3.05) is 5.32 Å². The van der Waals surface area contributed by atoms with E-state index in [1.807, 2.05) is 0 Å². The molecule has 0 bridgehead atoms. The van der Waals surface area contributed by atoms with Gasteiger partial charge in [-0.3, -0.25) is 9.36 Å². The molecule has 5 rings (SSSR count). The summed E-state index contributed by atoms with van der Waals surface area (Å²) in [6, 6.07) is 8.86. The number of aromatic nitrogens is 7. The summed E-state index contributed by atoms with van der Waals surface area (Å²) in [5.74, 6) is -4.35. The van der Waals surface area contributed by atoms with Gasteiger partial charge in [-0.15, -0.1) is 10.2 Å². The minimum atomic E-state index is -4.98. The maximum atomic E-state index is 13.2. The molecule has 1 aliphatic carbocycles. The number of pyridine rings is 1. The molecule has 2 N–H and O–H groups in total. The van der Waals surface area contributed by atoms with Crippen LogP contribution in [0.1, 0.15) is 18.7 Å². The van der Waals surface area contributed by atoms with Crippen LogP contribution in [0.15, 0.2) is 53.7 Å². The zero-order valence-electron chi connectivity index (χ0n) is 20.8. The number of nitrogens with zero attached hydrogens (tertiary/aromatic N) is 7. The topological polar surface area (TPSA) is 133 Å². The fourth-order valence-corrected chi connectivity index (χ4v) is 4.29. The molecule has 41 heavy (non-hydrogen) atoms. The maximum Gasteiger partial charge on any atom is 0.416 e. The number of hydrogen-bond acceptors (Lipinski definition) is 7. The second kappa shape index (κ2) is 10.7. The van der Waals surface area contributed by atoms with E-state index in [4.69, 9.17) is 11.6 Å². The summed E-state index contributed by atoms with van der Waals surface area (Å²) in [6.07, 6.45) is -6.29. The van der Waals surface area contributed by atoms with Crippen LogP contribution in [0.4, 0.5) is 27.6 Å². The van der Waals surface area contributed by atoms with E-state index in [1.165, 1.54) is 53.6 Å². The Kier molecular flexibility index (Phi) is 7.37. The van der Waals surface area contributed by atoms with Gasteiger partial charge in [0.05, 0.1) is 12.2 Å². The van der Waals surface area contributed by atoms with Crippen molar-refractivity contribution in [3.63, 3.8) is 0 Å². The molecule has 0 saturated heterocycles. The third-order valence-electron chi connectivity index (χ3n) is 6.31. The minimum absolute atomic E-state index is 0.0114. The Balaban J connectivity index is 1.41. The van der Waals surface area contributed by atoms with Crippen LogP contribution in [0.3, 0.4) is 0 Å². The molecule has 0 radical (unpaired) electrons. The number of hydrogen-bond donors (Lipinski definition) is 2. The molecule has 0 aliphatic heterocycles. The van der Waals surface area contributed by atoms with Crippen LogP contribution in [0.25, 0.3) is 17.2 Å². The average Bonchev–Trinajstić information content (AvgIpc) is 3.48. The number of carbonyl (C=O) groups is 1. The van der Waals surface area contributed by atoms with E-state index in [0.29, 0.717) is 9.59 Å². The molecule has 17 heteroatoms. The van der Waals surface area contributed by atoms with E-state index in [9.17, 15) is 36.6 Å². The first-order chi connectivity index (χ1) is 19.3. The quantitative estimate of drug-likeness (QED) is 0.297. The lowest BCUT2D eigenvalue weighted by Crippen LogP contribution is -2.42. The molecule has 216 valence electrons. The first kappa shape index (κ1) is 28.4. The van der Waals surface area contributed by atoms with E-state index in [1.54, 1.807) is 0 Å². The Morgan fingerprint density at radius 2 is 1.85 bits per heavy atom. The summed E-state index contributed by atoms with van der Waals surface area (Å²) < 4.78 is 68.3. The number of aliphatic hydroxyl groups is 1. The minimum Gasteiger partial charge on any atom is -0.382 e. The number of carbonyl (C=O) groups excluding carboxylic acids is 1. The Morgan fingerprint density at radius 1 is 1.15 bits per heavy atom. The molecule has 1 atom stereocenters. The van der Waals surface area contributed by atoms with Gasteiger partial charge in [0.2, 0.25) is 11.8 Å². The zero-order chi connectivity index (χ0) is 29.5. The molecular formula is C24H20ClF5N8O3. The fourth-order valence-electron chi connectivity index (χ4n) is 4.16. The molecule has 3 aromatic heterocycles. The van der Waals surface area contributed by atoms with Gasteiger partial charge in [-0.25, -0.2) is 32.9 Å². The smallest absolute Gasteiger partial charge is 0.382 e. The van der Waals surface area contributed by atoms with Crippen LogP contribution in [0.2, 0.25) is 5.02 Å². The van der Waals surface area contributed by atoms with Crippen molar-refractivity contribution in [3.8, 4) is 17.2 Å². The third kappa shape index (κ3) is 6.12. The van der Waals surface area contributed by atoms with Crippen LogP contribution in [-0.4, -0.2) is 63.3 Å². The first-order valence-corrected chi connectivity index (χ1v) is 12.4. The molecule has 11 nitrogen and oxygen atoms in total. The van der Waals surface area contributed by atoms with Crippen LogP contribution >= 0.6 is 11.6 Å². The third-order valence-corrected chi connectivity index (χ3v) is 6.56. The van der Waals surface area contributed by atoms with Crippen LogP contribution in [0.5, 0.6) is 0 Å². The molecule has 3 heterocycles. The van der Waals surface area contributed by atoms with Gasteiger partial charge >= 0.3 is 11.9 Å². The molecule has 1 unspecified atom stereocenters. The summed E-state index contributed by atoms with van der Waals surface area (Å²) in [4.78, 5) is 33.7. The largest absolute Gasteiger partial charge is 0.416 e. The molecule has 1 saturated carbocycles. The van der Waals surface area contributed by atoms with Gasteiger partial charge in [0.25, 0.3) is 0 Å².